The van der Waals surface area contributed by atoms with Gasteiger partial charge in [-0.1, -0.05) is 13.3 Å². The maximum absolute atomic E-state index is 7.58. The molecule has 1 aromatic rings. The zero-order chi connectivity index (χ0) is 12.3. The second kappa shape index (κ2) is 5.17. The first-order valence-electron chi connectivity index (χ1n) is 6.22. The molecular formula is C13H19N3O. The van der Waals surface area contributed by atoms with Crippen LogP contribution in [0.4, 0.5) is 0 Å². The highest BCUT2D eigenvalue weighted by Gasteiger charge is 2.18. The van der Waals surface area contributed by atoms with Gasteiger partial charge in [-0.2, -0.15) is 0 Å². The van der Waals surface area contributed by atoms with Gasteiger partial charge < -0.3 is 10.5 Å². The van der Waals surface area contributed by atoms with Crippen molar-refractivity contribution in [1.29, 1.82) is 5.41 Å². The molecule has 0 saturated carbocycles. The molecule has 0 atom stereocenters. The lowest BCUT2D eigenvalue weighted by atomic mass is 10.1. The average Bonchev–Trinajstić information content (AvgIpc) is 2.75. The molecule has 4 heteroatoms. The van der Waals surface area contributed by atoms with Gasteiger partial charge in [0, 0.05) is 5.69 Å². The van der Waals surface area contributed by atoms with Crippen LogP contribution in [0, 0.1) is 5.41 Å². The molecule has 0 radical (unpaired) electrons. The molecule has 0 fully saturated rings. The molecular weight excluding hydrogens is 214 g/mol. The number of fused-ring (bicyclic) bond motifs is 1. The van der Waals surface area contributed by atoms with Crippen LogP contribution in [0.5, 0.6) is 5.88 Å². The largest absolute Gasteiger partial charge is 0.477 e. The second-order valence-corrected chi connectivity index (χ2v) is 4.42. The predicted octanol–water partition coefficient (Wildman–Crippen LogP) is 2.03. The Hall–Kier alpha value is -1.58. The summed E-state index contributed by atoms with van der Waals surface area (Å²) in [6, 6.07) is 1.97. The van der Waals surface area contributed by atoms with Crippen molar-refractivity contribution < 1.29 is 4.74 Å². The van der Waals surface area contributed by atoms with E-state index in [1.165, 1.54) is 5.56 Å². The summed E-state index contributed by atoms with van der Waals surface area (Å²) < 4.78 is 5.63. The number of nitrogens with one attached hydrogen (secondary N) is 1. The van der Waals surface area contributed by atoms with Crippen molar-refractivity contribution in [2.24, 2.45) is 5.73 Å². The van der Waals surface area contributed by atoms with Gasteiger partial charge in [-0.05, 0) is 37.3 Å². The number of unbranched alkanes of at least 4 members (excludes halogenated alkanes) is 1. The maximum atomic E-state index is 7.58. The number of nitrogen functional groups attached to an aromatic ring is 1. The lowest BCUT2D eigenvalue weighted by molar-refractivity contribution is 0.296. The quantitative estimate of drug-likeness (QED) is 0.464. The summed E-state index contributed by atoms with van der Waals surface area (Å²) in [4.78, 5) is 4.50. The lowest BCUT2D eigenvalue weighted by Gasteiger charge is -2.11. The Bertz CT molecular complexity index is 429. The number of nitrogens with zero attached hydrogens (tertiary/aromatic N) is 1. The van der Waals surface area contributed by atoms with Crippen LogP contribution in [0.25, 0.3) is 0 Å². The van der Waals surface area contributed by atoms with Gasteiger partial charge in [0.1, 0.15) is 5.84 Å². The van der Waals surface area contributed by atoms with Crippen LogP contribution in [-0.4, -0.2) is 17.4 Å². The fraction of sp³-hybridized carbons (Fsp3) is 0.538. The van der Waals surface area contributed by atoms with Crippen LogP contribution in [0.2, 0.25) is 0 Å². The standard InChI is InChI=1S/C13H19N3O/c1-2-3-7-17-13-10(12(14)15)8-9-5-4-6-11(9)16-13/h8H,2-7H2,1H3,(H3,14,15). The van der Waals surface area contributed by atoms with Crippen molar-refractivity contribution in [3.8, 4) is 5.88 Å². The van der Waals surface area contributed by atoms with Crippen molar-refractivity contribution in [1.82, 2.24) is 4.98 Å². The molecule has 0 amide bonds. The fourth-order valence-corrected chi connectivity index (χ4v) is 2.07. The molecule has 4 nitrogen and oxygen atoms in total. The van der Waals surface area contributed by atoms with E-state index >= 15 is 0 Å². The molecule has 0 unspecified atom stereocenters. The van der Waals surface area contributed by atoms with Crippen LogP contribution < -0.4 is 10.5 Å². The summed E-state index contributed by atoms with van der Waals surface area (Å²) in [5, 5.41) is 7.58. The SMILES string of the molecule is CCCCOc1nc2c(cc1C(=N)N)CCC2. The smallest absolute Gasteiger partial charge is 0.224 e. The molecule has 0 spiro atoms. The van der Waals surface area contributed by atoms with Gasteiger partial charge in [0.05, 0.1) is 12.2 Å². The number of amidine groups is 1. The average molecular weight is 233 g/mol. The van der Waals surface area contributed by atoms with Crippen molar-refractivity contribution in [2.45, 2.75) is 39.0 Å². The molecule has 2 rings (SSSR count). The summed E-state index contributed by atoms with van der Waals surface area (Å²) in [6.45, 7) is 2.76. The first-order chi connectivity index (χ1) is 8.22. The van der Waals surface area contributed by atoms with E-state index in [9.17, 15) is 0 Å². The summed E-state index contributed by atoms with van der Waals surface area (Å²) in [7, 11) is 0. The number of hydrogen-bond acceptors (Lipinski definition) is 3. The maximum Gasteiger partial charge on any atom is 0.224 e. The number of pyridine rings is 1. The zero-order valence-electron chi connectivity index (χ0n) is 10.3. The molecule has 1 aromatic heterocycles. The minimum absolute atomic E-state index is 0.0405. The third-order valence-corrected chi connectivity index (χ3v) is 3.04. The topological polar surface area (TPSA) is 72.0 Å². The van der Waals surface area contributed by atoms with E-state index in [2.05, 4.69) is 11.9 Å². The van der Waals surface area contributed by atoms with E-state index in [1.54, 1.807) is 0 Å². The predicted molar refractivity (Wildman–Crippen MR) is 67.7 cm³/mol. The van der Waals surface area contributed by atoms with Crippen LogP contribution >= 0.6 is 0 Å². The Balaban J connectivity index is 2.25. The van der Waals surface area contributed by atoms with Gasteiger partial charge in [-0.15, -0.1) is 0 Å². The fourth-order valence-electron chi connectivity index (χ4n) is 2.07. The van der Waals surface area contributed by atoms with E-state index in [-0.39, 0.29) is 5.84 Å². The molecule has 0 saturated heterocycles. The Morgan fingerprint density at radius 2 is 2.35 bits per heavy atom. The molecule has 3 N–H and O–H groups in total. The molecule has 17 heavy (non-hydrogen) atoms. The van der Waals surface area contributed by atoms with Gasteiger partial charge in [-0.25, -0.2) is 4.98 Å². The first-order valence-corrected chi connectivity index (χ1v) is 6.22. The Morgan fingerprint density at radius 1 is 1.53 bits per heavy atom. The van der Waals surface area contributed by atoms with E-state index in [0.29, 0.717) is 18.1 Å². The van der Waals surface area contributed by atoms with Gasteiger partial charge in [-0.3, -0.25) is 5.41 Å². The summed E-state index contributed by atoms with van der Waals surface area (Å²) in [5.41, 5.74) is 8.55. The van der Waals surface area contributed by atoms with E-state index < -0.39 is 0 Å². The highest BCUT2D eigenvalue weighted by atomic mass is 16.5. The van der Waals surface area contributed by atoms with E-state index in [0.717, 1.165) is 37.8 Å². The first kappa shape index (κ1) is 11.9. The highest BCUT2D eigenvalue weighted by Crippen LogP contribution is 2.26. The molecule has 1 heterocycles. The van der Waals surface area contributed by atoms with Gasteiger partial charge in [0.15, 0.2) is 0 Å². The monoisotopic (exact) mass is 233 g/mol. The molecule has 1 aliphatic carbocycles. The van der Waals surface area contributed by atoms with Crippen LogP contribution in [0.3, 0.4) is 0 Å². The minimum atomic E-state index is 0.0405. The van der Waals surface area contributed by atoms with Crippen molar-refractivity contribution in [2.75, 3.05) is 6.61 Å². The number of nitrogens with two attached hydrogens (primary N) is 1. The normalized spacial score (nSPS) is 13.5. The van der Waals surface area contributed by atoms with Crippen molar-refractivity contribution >= 4 is 5.84 Å². The second-order valence-electron chi connectivity index (χ2n) is 4.42. The third kappa shape index (κ3) is 2.57. The molecule has 0 aliphatic heterocycles. The Labute approximate surface area is 102 Å². The Kier molecular flexibility index (Phi) is 3.61. The Morgan fingerprint density at radius 3 is 3.06 bits per heavy atom. The summed E-state index contributed by atoms with van der Waals surface area (Å²) in [5.74, 6) is 0.574. The van der Waals surface area contributed by atoms with Crippen LogP contribution in [-0.2, 0) is 12.8 Å². The van der Waals surface area contributed by atoms with Crippen LogP contribution in [0.1, 0.15) is 43.0 Å². The highest BCUT2D eigenvalue weighted by molar-refractivity contribution is 5.97. The number of rotatable bonds is 5. The number of aryl methyl sites for hydroxylation is 2. The van der Waals surface area contributed by atoms with Gasteiger partial charge >= 0.3 is 0 Å². The van der Waals surface area contributed by atoms with Gasteiger partial charge in [0.25, 0.3) is 0 Å². The number of aromatic nitrogens is 1. The lowest BCUT2D eigenvalue weighted by Crippen LogP contribution is -2.15. The molecule has 0 aromatic carbocycles. The molecule has 1 aliphatic rings. The van der Waals surface area contributed by atoms with E-state index in [1.807, 2.05) is 6.07 Å². The van der Waals surface area contributed by atoms with Crippen LogP contribution in [0.15, 0.2) is 6.07 Å². The third-order valence-electron chi connectivity index (χ3n) is 3.04. The van der Waals surface area contributed by atoms with Crippen molar-refractivity contribution in [3.05, 3.63) is 22.9 Å². The summed E-state index contributed by atoms with van der Waals surface area (Å²) in [6.07, 6.45) is 5.27. The minimum Gasteiger partial charge on any atom is -0.477 e. The van der Waals surface area contributed by atoms with Gasteiger partial charge in [0.2, 0.25) is 5.88 Å². The number of ether oxygens (including phenoxy) is 1. The molecule has 0 bridgehead atoms. The summed E-state index contributed by atoms with van der Waals surface area (Å²) >= 11 is 0. The molecule has 92 valence electrons. The number of hydrogen-bond donors (Lipinski definition) is 2. The zero-order valence-corrected chi connectivity index (χ0v) is 10.3. The van der Waals surface area contributed by atoms with E-state index in [4.69, 9.17) is 15.9 Å². The van der Waals surface area contributed by atoms with Crippen molar-refractivity contribution in [3.63, 3.8) is 0 Å².